The summed E-state index contributed by atoms with van der Waals surface area (Å²) in [4.78, 5) is 0. The molecule has 1 aliphatic rings. The number of hydrogen-bond donors (Lipinski definition) is 0. The minimum Gasteiger partial charge on any atom is -0.0623 e. The molecule has 0 aromatic heterocycles. The molecule has 0 nitrogen and oxygen atoms in total. The second-order valence-corrected chi connectivity index (χ2v) is 21.2. The fourth-order valence-corrected chi connectivity index (χ4v) is 13.3. The third kappa shape index (κ3) is 5.28. The summed E-state index contributed by atoms with van der Waals surface area (Å²) in [6.45, 7) is 5.06. The molecular weight excluding hydrogens is 725 g/mol. The highest BCUT2D eigenvalue weighted by molar-refractivity contribution is 7.04. The van der Waals surface area contributed by atoms with E-state index in [1.54, 1.807) is 0 Å². The van der Waals surface area contributed by atoms with Crippen molar-refractivity contribution in [3.8, 4) is 55.6 Å². The van der Waals surface area contributed by atoms with Crippen molar-refractivity contribution in [3.05, 3.63) is 206 Å². The van der Waals surface area contributed by atoms with Gasteiger partial charge in [0.05, 0.1) is 0 Å². The zero-order chi connectivity index (χ0) is 39.2. The molecule has 0 fully saturated rings. The van der Waals surface area contributed by atoms with Gasteiger partial charge in [-0.1, -0.05) is 195 Å². The van der Waals surface area contributed by atoms with E-state index in [9.17, 15) is 0 Å². The molecule has 11 aromatic carbocycles. The molecule has 12 rings (SSSR count). The van der Waals surface area contributed by atoms with Gasteiger partial charge in [0, 0.05) is 0 Å². The third-order valence-electron chi connectivity index (χ3n) is 13.2. The van der Waals surface area contributed by atoms with E-state index in [4.69, 9.17) is 0 Å². The average Bonchev–Trinajstić information content (AvgIpc) is 3.51. The molecule has 0 unspecified atom stereocenters. The number of rotatable bonds is 4. The Morgan fingerprint density at radius 2 is 0.763 bits per heavy atom. The summed E-state index contributed by atoms with van der Waals surface area (Å²) in [5.41, 5.74) is 12.8. The molecule has 0 aliphatic carbocycles. The van der Waals surface area contributed by atoms with Crippen LogP contribution in [0.25, 0.3) is 109 Å². The van der Waals surface area contributed by atoms with Gasteiger partial charge >= 0.3 is 0 Å². The Hall–Kier alpha value is -7.06. The zero-order valence-corrected chi connectivity index (χ0v) is 34.1. The smallest absolute Gasteiger partial charge is 0.0623 e. The van der Waals surface area contributed by atoms with E-state index in [-0.39, 0.29) is 0 Å². The van der Waals surface area contributed by atoms with Gasteiger partial charge in [-0.2, -0.15) is 0 Å². The summed E-state index contributed by atoms with van der Waals surface area (Å²) in [6.07, 6.45) is 0. The molecule has 0 saturated heterocycles. The first kappa shape index (κ1) is 34.0. The Bertz CT molecular complexity index is 3510. The minimum atomic E-state index is -1.98. The van der Waals surface area contributed by atoms with Gasteiger partial charge in [-0.15, -0.1) is 0 Å². The lowest BCUT2D eigenvalue weighted by atomic mass is 9.83. The molecule has 0 bridgehead atoms. The van der Waals surface area contributed by atoms with E-state index >= 15 is 0 Å². The highest BCUT2D eigenvalue weighted by atomic mass is 28.3. The van der Waals surface area contributed by atoms with Crippen molar-refractivity contribution in [2.45, 2.75) is 13.1 Å². The molecule has 0 N–H and O–H groups in total. The summed E-state index contributed by atoms with van der Waals surface area (Å²) < 4.78 is 0. The first-order valence-electron chi connectivity index (χ1n) is 20.7. The lowest BCUT2D eigenvalue weighted by Gasteiger charge is -2.23. The molecule has 1 heteroatoms. The molecule has 1 aliphatic heterocycles. The van der Waals surface area contributed by atoms with Gasteiger partial charge in [0.25, 0.3) is 0 Å². The van der Waals surface area contributed by atoms with Crippen molar-refractivity contribution in [1.82, 2.24) is 0 Å². The van der Waals surface area contributed by atoms with Crippen molar-refractivity contribution in [1.29, 1.82) is 0 Å². The Morgan fingerprint density at radius 3 is 1.49 bits per heavy atom. The lowest BCUT2D eigenvalue weighted by molar-refractivity contribution is 1.62. The van der Waals surface area contributed by atoms with Gasteiger partial charge in [-0.3, -0.25) is 0 Å². The number of benzene rings is 11. The third-order valence-corrected chi connectivity index (χ3v) is 16.8. The SMILES string of the molecule is C[Si]1(C)c2ccccc2-c2cc3c(-c4ccc5ccccc5c4)c4ccc(-c5ccc(-c6cccc7ccccc67)cc5)cc4c(-c4ccc5ccccc5c4)c3cc21. The van der Waals surface area contributed by atoms with Gasteiger partial charge in [0.2, 0.25) is 0 Å². The monoisotopic (exact) mass is 764 g/mol. The predicted molar refractivity (Wildman–Crippen MR) is 258 cm³/mol. The Kier molecular flexibility index (Phi) is 7.48. The van der Waals surface area contributed by atoms with Crippen LogP contribution in [0.2, 0.25) is 13.1 Å². The number of hydrogen-bond acceptors (Lipinski definition) is 0. The number of fused-ring (bicyclic) bond motifs is 8. The van der Waals surface area contributed by atoms with Gasteiger partial charge in [-0.05, 0) is 144 Å². The molecular formula is C58H40Si. The normalized spacial score (nSPS) is 13.1. The molecule has 59 heavy (non-hydrogen) atoms. The summed E-state index contributed by atoms with van der Waals surface area (Å²) in [7, 11) is -1.98. The molecule has 0 atom stereocenters. The van der Waals surface area contributed by atoms with Crippen LogP contribution >= 0.6 is 0 Å². The van der Waals surface area contributed by atoms with Gasteiger partial charge in [0.15, 0.2) is 0 Å². The van der Waals surface area contributed by atoms with Crippen molar-refractivity contribution >= 4 is 72.3 Å². The second-order valence-electron chi connectivity index (χ2n) is 16.9. The van der Waals surface area contributed by atoms with Gasteiger partial charge in [-0.25, -0.2) is 0 Å². The van der Waals surface area contributed by atoms with Crippen LogP contribution < -0.4 is 10.4 Å². The van der Waals surface area contributed by atoms with Crippen LogP contribution in [0.1, 0.15) is 0 Å². The standard InChI is InChI=1S/C58H40Si/c1-59(2)55-21-10-9-19-49(55)51-35-53-54(36-56(51)59)58(46-29-25-38-13-4-6-16-43(38)33-46)52-34-44(30-31-50(52)57(53)45-28-24-37-12-3-5-15-42(37)32-45)39-22-26-41(27-23-39)48-20-11-17-40-14-7-8-18-47(40)48/h3-36H,1-2H3. The molecule has 0 saturated carbocycles. The summed E-state index contributed by atoms with van der Waals surface area (Å²) in [6, 6.07) is 77.6. The van der Waals surface area contributed by atoms with Crippen LogP contribution in [-0.4, -0.2) is 8.07 Å². The summed E-state index contributed by atoms with van der Waals surface area (Å²) in [5, 5.41) is 15.8. The molecule has 0 radical (unpaired) electrons. The van der Waals surface area contributed by atoms with Crippen LogP contribution in [-0.2, 0) is 0 Å². The maximum Gasteiger partial charge on any atom is 0.113 e. The first-order chi connectivity index (χ1) is 29.0. The molecule has 0 spiro atoms. The van der Waals surface area contributed by atoms with Crippen LogP contribution in [0.5, 0.6) is 0 Å². The fraction of sp³-hybridized carbons (Fsp3) is 0.0345. The van der Waals surface area contributed by atoms with Crippen molar-refractivity contribution < 1.29 is 0 Å². The van der Waals surface area contributed by atoms with Crippen LogP contribution in [0.15, 0.2) is 206 Å². The summed E-state index contributed by atoms with van der Waals surface area (Å²) in [5.74, 6) is 0. The van der Waals surface area contributed by atoms with E-state index in [2.05, 4.69) is 219 Å². The van der Waals surface area contributed by atoms with Crippen molar-refractivity contribution in [3.63, 3.8) is 0 Å². The first-order valence-corrected chi connectivity index (χ1v) is 23.7. The second kappa shape index (κ2) is 13.0. The maximum atomic E-state index is 2.61. The van der Waals surface area contributed by atoms with E-state index in [1.165, 1.54) is 120 Å². The highest BCUT2D eigenvalue weighted by Gasteiger charge is 2.38. The topological polar surface area (TPSA) is 0 Å². The predicted octanol–water partition coefficient (Wildman–Crippen LogP) is 14.9. The summed E-state index contributed by atoms with van der Waals surface area (Å²) >= 11 is 0. The van der Waals surface area contributed by atoms with E-state index in [1.807, 2.05) is 0 Å². The molecule has 276 valence electrons. The Labute approximate surface area is 345 Å². The van der Waals surface area contributed by atoms with E-state index in [0.29, 0.717) is 0 Å². The Morgan fingerprint density at radius 1 is 0.254 bits per heavy atom. The average molecular weight is 765 g/mol. The van der Waals surface area contributed by atoms with Crippen LogP contribution in [0.3, 0.4) is 0 Å². The van der Waals surface area contributed by atoms with Gasteiger partial charge < -0.3 is 0 Å². The molecule has 0 amide bonds. The van der Waals surface area contributed by atoms with Crippen molar-refractivity contribution in [2.75, 3.05) is 0 Å². The zero-order valence-electron chi connectivity index (χ0n) is 33.1. The highest BCUT2D eigenvalue weighted by Crippen LogP contribution is 2.47. The molecule has 11 aromatic rings. The van der Waals surface area contributed by atoms with E-state index < -0.39 is 8.07 Å². The maximum absolute atomic E-state index is 2.61. The fourth-order valence-electron chi connectivity index (χ4n) is 10.2. The Balaban J connectivity index is 1.16. The minimum absolute atomic E-state index is 1.21. The molecule has 1 heterocycles. The van der Waals surface area contributed by atoms with Gasteiger partial charge in [0.1, 0.15) is 8.07 Å². The van der Waals surface area contributed by atoms with E-state index in [0.717, 1.165) is 0 Å². The quantitative estimate of drug-likeness (QED) is 0.124. The largest absolute Gasteiger partial charge is 0.113 e. The lowest BCUT2D eigenvalue weighted by Crippen LogP contribution is -2.49. The van der Waals surface area contributed by atoms with Crippen LogP contribution in [0.4, 0.5) is 0 Å². The van der Waals surface area contributed by atoms with Crippen molar-refractivity contribution in [2.24, 2.45) is 0 Å². The van der Waals surface area contributed by atoms with Crippen LogP contribution in [0, 0.1) is 0 Å².